The summed E-state index contributed by atoms with van der Waals surface area (Å²) in [5, 5.41) is 6.29. The Balaban J connectivity index is 0.877. The average Bonchev–Trinajstić information content (AvgIpc) is 1.60. The molecule has 18 heteroatoms. The van der Waals surface area contributed by atoms with E-state index in [0.29, 0.717) is 100 Å². The van der Waals surface area contributed by atoms with Gasteiger partial charge in [0.1, 0.15) is 24.7 Å². The molecule has 0 radical (unpaired) electrons. The summed E-state index contributed by atoms with van der Waals surface area (Å²) in [6.07, 6.45) is 13.6. The molecule has 2 atom stereocenters. The third kappa shape index (κ3) is 21.5. The van der Waals surface area contributed by atoms with Crippen molar-refractivity contribution in [2.24, 2.45) is 0 Å². The van der Waals surface area contributed by atoms with Crippen LogP contribution >= 0.6 is 0 Å². The lowest BCUT2D eigenvalue weighted by Gasteiger charge is -2.33. The van der Waals surface area contributed by atoms with Gasteiger partial charge >= 0.3 is 11.9 Å². The molecule has 6 aromatic carbocycles. The first kappa shape index (κ1) is 74.1. The number of unbranched alkanes of at least 4 members (excludes halogenated alkanes) is 2. The summed E-state index contributed by atoms with van der Waals surface area (Å²) in [5.41, 5.74) is 11.1. The van der Waals surface area contributed by atoms with Crippen LogP contribution in [0.3, 0.4) is 0 Å². The van der Waals surface area contributed by atoms with Crippen LogP contribution < -0.4 is 29.9 Å². The zero-order chi connectivity index (χ0) is 70.0. The van der Waals surface area contributed by atoms with Crippen molar-refractivity contribution >= 4 is 58.7 Å². The van der Waals surface area contributed by atoms with Crippen molar-refractivity contribution in [3.63, 3.8) is 0 Å². The van der Waals surface area contributed by atoms with E-state index in [0.717, 1.165) is 170 Å². The van der Waals surface area contributed by atoms with Crippen LogP contribution in [0.15, 0.2) is 157 Å². The molecule has 0 spiro atoms. The monoisotopic (exact) mass is 1360 g/mol. The van der Waals surface area contributed by atoms with Gasteiger partial charge in [-0.25, -0.2) is 9.59 Å². The van der Waals surface area contributed by atoms with Gasteiger partial charge in [-0.1, -0.05) is 101 Å². The Morgan fingerprint density at radius 2 is 0.850 bits per heavy atom. The van der Waals surface area contributed by atoms with Crippen molar-refractivity contribution in [2.45, 2.75) is 142 Å². The van der Waals surface area contributed by atoms with Crippen LogP contribution in [0, 0.1) is 0 Å². The maximum absolute atomic E-state index is 14.7. The number of carbonyl (C=O) groups is 4. The number of fused-ring (bicyclic) bond motifs is 2. The number of esters is 2. The molecule has 0 bridgehead atoms. The molecule has 0 aromatic heterocycles. The average molecular weight is 1360 g/mol. The Morgan fingerprint density at radius 1 is 0.470 bits per heavy atom. The smallest absolute Gasteiger partial charge is 0.332 e. The van der Waals surface area contributed by atoms with Crippen LogP contribution in [0.25, 0.3) is 34.4 Å². The summed E-state index contributed by atoms with van der Waals surface area (Å²) >= 11 is 0. The third-order valence-corrected chi connectivity index (χ3v) is 18.8. The largest absolute Gasteiger partial charge is 0.491 e. The predicted molar refractivity (Wildman–Crippen MR) is 396 cm³/mol. The fraction of sp³-hybridized carbons (Fsp3) is 0.439. The standard InChI is InChI=1S/C82H102N6O12/c1-7-11-41-93-47-49-97-73-27-17-61(18-28-73)63-21-31-75-65(51-63)53-67(81(91)83-69-23-13-59(14-24-69)57-85(5)71-35-43-95-44-36-71)55-77(87(75)39-9-3)99-79(89)33-34-80(90)100-78-56-68(82(92)84-70-25-15-60(16-26-70)58-86(6)72-37-45-96-46-38-72)54-66-52-64(22-32-76(66)88(78)40-10-4)62-19-29-74(30-20-62)98-50-48-94-42-12-8-2/h13-34,51-54,71-72,77-78H,7-12,35-50,55-58H2,1-6H3,(H,83,91)(H,84,92)/b34-33+. The van der Waals surface area contributed by atoms with E-state index in [9.17, 15) is 19.2 Å². The van der Waals surface area contributed by atoms with E-state index in [4.69, 9.17) is 37.9 Å². The summed E-state index contributed by atoms with van der Waals surface area (Å²) in [5.74, 6) is -0.828. The van der Waals surface area contributed by atoms with Gasteiger partial charge in [-0.3, -0.25) is 19.4 Å². The zero-order valence-corrected chi connectivity index (χ0v) is 59.4. The number of carbonyl (C=O) groups excluding carboxylic acids is 4. The summed E-state index contributed by atoms with van der Waals surface area (Å²) in [7, 11) is 4.28. The number of rotatable bonds is 34. The highest BCUT2D eigenvalue weighted by Crippen LogP contribution is 2.39. The van der Waals surface area contributed by atoms with Crippen LogP contribution in [0.2, 0.25) is 0 Å². The first-order valence-electron chi connectivity index (χ1n) is 36.1. The van der Waals surface area contributed by atoms with Gasteiger partial charge in [-0.2, -0.15) is 0 Å². The Labute approximate surface area is 591 Å². The van der Waals surface area contributed by atoms with Crippen LogP contribution in [0.4, 0.5) is 22.7 Å². The topological polar surface area (TPSA) is 179 Å². The summed E-state index contributed by atoms with van der Waals surface area (Å²) < 4.78 is 47.3. The number of hydrogen-bond donors (Lipinski definition) is 2. The number of amides is 2. The van der Waals surface area contributed by atoms with Gasteiger partial charge in [0.2, 0.25) is 0 Å². The highest BCUT2D eigenvalue weighted by molar-refractivity contribution is 6.09. The van der Waals surface area contributed by atoms with Gasteiger partial charge in [0.15, 0.2) is 12.5 Å². The second kappa shape index (κ2) is 38.3. The lowest BCUT2D eigenvalue weighted by atomic mass is 10.00. The summed E-state index contributed by atoms with van der Waals surface area (Å²) in [6, 6.07) is 44.7. The van der Waals surface area contributed by atoms with E-state index in [-0.39, 0.29) is 24.7 Å². The number of anilines is 4. The van der Waals surface area contributed by atoms with Crippen molar-refractivity contribution in [3.05, 3.63) is 179 Å². The molecule has 2 saturated heterocycles. The molecule has 4 heterocycles. The van der Waals surface area contributed by atoms with E-state index in [1.54, 1.807) is 0 Å². The van der Waals surface area contributed by atoms with Crippen molar-refractivity contribution in [1.82, 2.24) is 9.80 Å². The Kier molecular flexibility index (Phi) is 28.3. The maximum Gasteiger partial charge on any atom is 0.332 e. The van der Waals surface area contributed by atoms with Gasteiger partial charge in [0.25, 0.3) is 11.8 Å². The minimum Gasteiger partial charge on any atom is -0.491 e. The van der Waals surface area contributed by atoms with Crippen LogP contribution in [-0.4, -0.2) is 151 Å². The molecule has 6 aromatic rings. The normalized spacial score (nSPS) is 16.6. The summed E-state index contributed by atoms with van der Waals surface area (Å²) in [4.78, 5) is 66.9. The Morgan fingerprint density at radius 3 is 1.22 bits per heavy atom. The lowest BCUT2D eigenvalue weighted by molar-refractivity contribution is -0.146. The number of ether oxygens (including phenoxy) is 8. The van der Waals surface area contributed by atoms with Gasteiger partial charge in [0.05, 0.1) is 13.2 Å². The SMILES string of the molecule is CCCCOCCOc1ccc(-c2ccc3c(c2)C=C(C(=O)Nc2ccc(CN(C)C4CCOCC4)cc2)CC(OC(=O)/C=C/C(=O)OC2CC(C(=O)Nc4ccc(CN(C)C5CCOCC5)cc4)=Cc4cc(-c5ccc(OCCOCCCC)cc5)ccc4N2CCC)N3CCC)cc1. The maximum atomic E-state index is 14.7. The van der Waals surface area contributed by atoms with Gasteiger partial charge in [-0.15, -0.1) is 0 Å². The number of hydrogen-bond acceptors (Lipinski definition) is 16. The molecule has 0 aliphatic carbocycles. The van der Waals surface area contributed by atoms with Gasteiger partial charge < -0.3 is 58.3 Å². The van der Waals surface area contributed by atoms with E-state index in [1.807, 2.05) is 157 Å². The first-order chi connectivity index (χ1) is 48.8. The van der Waals surface area contributed by atoms with Crippen LogP contribution in [0.5, 0.6) is 11.5 Å². The van der Waals surface area contributed by atoms with Gasteiger partial charge in [0, 0.05) is 137 Å². The highest BCUT2D eigenvalue weighted by atomic mass is 16.6. The van der Waals surface area contributed by atoms with Crippen LogP contribution in [-0.2, 0) is 60.7 Å². The molecule has 2 fully saturated rings. The molecule has 0 saturated carbocycles. The van der Waals surface area contributed by atoms with E-state index < -0.39 is 24.4 Å². The Bertz CT molecular complexity index is 3450. The molecular weight excluding hydrogens is 1260 g/mol. The second-order valence-corrected chi connectivity index (χ2v) is 26.3. The van der Waals surface area contributed by atoms with Crippen molar-refractivity contribution in [1.29, 1.82) is 0 Å². The van der Waals surface area contributed by atoms with E-state index in [1.165, 1.54) is 0 Å². The van der Waals surface area contributed by atoms with Gasteiger partial charge in [-0.05, 0) is 195 Å². The molecule has 4 aliphatic rings. The third-order valence-electron chi connectivity index (χ3n) is 18.8. The van der Waals surface area contributed by atoms with Crippen molar-refractivity contribution in [3.8, 4) is 33.8 Å². The number of nitrogens with one attached hydrogen (secondary N) is 2. The van der Waals surface area contributed by atoms with Crippen LogP contribution in [0.1, 0.15) is 127 Å². The quantitative estimate of drug-likeness (QED) is 0.0221. The minimum atomic E-state index is -0.960. The molecule has 18 nitrogen and oxygen atoms in total. The predicted octanol–water partition coefficient (Wildman–Crippen LogP) is 14.9. The molecule has 2 unspecified atom stereocenters. The molecular formula is C82H102N6O12. The van der Waals surface area contributed by atoms with E-state index in [2.05, 4.69) is 60.5 Å². The van der Waals surface area contributed by atoms with E-state index >= 15 is 0 Å². The number of benzene rings is 6. The molecule has 532 valence electrons. The molecule has 100 heavy (non-hydrogen) atoms. The Hall–Kier alpha value is -8.62. The second-order valence-electron chi connectivity index (χ2n) is 26.3. The highest BCUT2D eigenvalue weighted by Gasteiger charge is 2.33. The number of nitrogens with zero attached hydrogens (tertiary/aromatic N) is 4. The van der Waals surface area contributed by atoms with Crippen molar-refractivity contribution in [2.75, 3.05) is 114 Å². The minimum absolute atomic E-state index is 0.0291. The first-order valence-corrected chi connectivity index (χ1v) is 36.1. The molecule has 4 aliphatic heterocycles. The summed E-state index contributed by atoms with van der Waals surface area (Å²) in [6.45, 7) is 17.3. The zero-order valence-electron chi connectivity index (χ0n) is 59.4. The van der Waals surface area contributed by atoms with Crippen molar-refractivity contribution < 1.29 is 57.1 Å². The fourth-order valence-corrected chi connectivity index (χ4v) is 13.2. The molecule has 10 rings (SSSR count). The molecule has 2 amide bonds. The fourth-order valence-electron chi connectivity index (χ4n) is 13.2. The lowest BCUT2D eigenvalue weighted by Crippen LogP contribution is -2.40. The molecule has 2 N–H and O–H groups in total.